The third-order valence-corrected chi connectivity index (χ3v) is 6.09. The Morgan fingerprint density at radius 1 is 0.909 bits per heavy atom. The van der Waals surface area contributed by atoms with Crippen molar-refractivity contribution in [2.45, 2.75) is 25.3 Å². The molecule has 0 aliphatic rings. The van der Waals surface area contributed by atoms with Crippen molar-refractivity contribution < 1.29 is 22.4 Å². The minimum absolute atomic E-state index is 0.0717. The molecule has 0 bridgehead atoms. The van der Waals surface area contributed by atoms with E-state index in [0.29, 0.717) is 11.3 Å². The predicted octanol–water partition coefficient (Wildman–Crippen LogP) is 4.15. The number of benzene rings is 3. The summed E-state index contributed by atoms with van der Waals surface area (Å²) in [5, 5.41) is 5.61. The normalized spacial score (nSPS) is 11.2. The lowest BCUT2D eigenvalue weighted by Crippen LogP contribution is -2.23. The van der Waals surface area contributed by atoms with Gasteiger partial charge in [-0.3, -0.25) is 14.3 Å². The Balaban J connectivity index is 1.59. The average molecular weight is 470 g/mol. The van der Waals surface area contributed by atoms with E-state index in [1.165, 1.54) is 36.4 Å². The zero-order valence-electron chi connectivity index (χ0n) is 18.1. The summed E-state index contributed by atoms with van der Waals surface area (Å²) in [4.78, 5) is 24.2. The van der Waals surface area contributed by atoms with Crippen molar-refractivity contribution in [3.05, 3.63) is 89.7 Å². The van der Waals surface area contributed by atoms with Gasteiger partial charge >= 0.3 is 0 Å². The Kier molecular flexibility index (Phi) is 7.44. The van der Waals surface area contributed by atoms with E-state index < -0.39 is 15.8 Å². The highest BCUT2D eigenvalue weighted by Crippen LogP contribution is 2.17. The van der Waals surface area contributed by atoms with Crippen molar-refractivity contribution >= 4 is 33.2 Å². The van der Waals surface area contributed by atoms with Gasteiger partial charge in [-0.1, -0.05) is 26.0 Å². The van der Waals surface area contributed by atoms with Gasteiger partial charge in [0, 0.05) is 29.4 Å². The minimum atomic E-state index is -3.87. The molecule has 9 heteroatoms. The van der Waals surface area contributed by atoms with Crippen LogP contribution in [-0.4, -0.2) is 20.2 Å². The number of carbonyl (C=O) groups is 2. The van der Waals surface area contributed by atoms with Crippen LogP contribution in [-0.2, 0) is 21.4 Å². The lowest BCUT2D eigenvalue weighted by molar-refractivity contribution is -0.118. The molecular formula is C24H24FN3O4S. The van der Waals surface area contributed by atoms with Crippen molar-refractivity contribution in [2.24, 2.45) is 5.92 Å². The number of anilines is 2. The highest BCUT2D eigenvalue weighted by atomic mass is 32.2. The Hall–Kier alpha value is -3.72. The average Bonchev–Trinajstić information content (AvgIpc) is 2.78. The van der Waals surface area contributed by atoms with Crippen molar-refractivity contribution in [3.8, 4) is 0 Å². The summed E-state index contributed by atoms with van der Waals surface area (Å²) in [5.41, 5.74) is 2.08. The highest BCUT2D eigenvalue weighted by molar-refractivity contribution is 7.92. The fourth-order valence-corrected chi connectivity index (χ4v) is 3.91. The van der Waals surface area contributed by atoms with Gasteiger partial charge in [-0.05, 0) is 66.2 Å². The Labute approximate surface area is 192 Å². The minimum Gasteiger partial charge on any atom is -0.348 e. The number of hydrogen-bond donors (Lipinski definition) is 3. The zero-order chi connectivity index (χ0) is 24.0. The molecule has 0 heterocycles. The number of sulfonamides is 1. The van der Waals surface area contributed by atoms with E-state index in [9.17, 15) is 22.4 Å². The maximum absolute atomic E-state index is 13.0. The second-order valence-electron chi connectivity index (χ2n) is 7.66. The van der Waals surface area contributed by atoms with Crippen molar-refractivity contribution in [1.82, 2.24) is 5.32 Å². The van der Waals surface area contributed by atoms with Gasteiger partial charge in [0.2, 0.25) is 5.91 Å². The molecule has 3 aromatic rings. The molecule has 3 rings (SSSR count). The fraction of sp³-hybridized carbons (Fsp3) is 0.167. The molecule has 0 saturated heterocycles. The highest BCUT2D eigenvalue weighted by Gasteiger charge is 2.15. The van der Waals surface area contributed by atoms with E-state index in [4.69, 9.17) is 0 Å². The summed E-state index contributed by atoms with van der Waals surface area (Å²) in [6.07, 6.45) is 0. The molecule has 0 radical (unpaired) electrons. The van der Waals surface area contributed by atoms with Crippen LogP contribution in [0.5, 0.6) is 0 Å². The van der Waals surface area contributed by atoms with Gasteiger partial charge in [0.15, 0.2) is 0 Å². The Morgan fingerprint density at radius 3 is 2.21 bits per heavy atom. The zero-order valence-corrected chi connectivity index (χ0v) is 18.9. The third-order valence-electron chi connectivity index (χ3n) is 4.70. The first-order valence-corrected chi connectivity index (χ1v) is 11.7. The fourth-order valence-electron chi connectivity index (χ4n) is 2.85. The quantitative estimate of drug-likeness (QED) is 0.461. The topological polar surface area (TPSA) is 104 Å². The van der Waals surface area contributed by atoms with Crippen molar-refractivity contribution in [2.75, 3.05) is 10.0 Å². The maximum atomic E-state index is 13.0. The molecular weight excluding hydrogens is 445 g/mol. The van der Waals surface area contributed by atoms with E-state index in [1.807, 2.05) is 6.07 Å². The molecule has 0 atom stereocenters. The molecule has 0 aliphatic carbocycles. The lowest BCUT2D eigenvalue weighted by atomic mass is 10.1. The standard InChI is InChI=1S/C24H24FN3O4S/c1-16(2)23(29)27-21-5-3-4-17(14-21)15-26-24(30)18-6-10-20(11-7-18)28-33(31,32)22-12-8-19(25)9-13-22/h3-14,16,28H,15H2,1-2H3,(H,26,30)(H,27,29). The van der Waals surface area contributed by atoms with Gasteiger partial charge < -0.3 is 10.6 Å². The number of amides is 2. The van der Waals surface area contributed by atoms with Gasteiger partial charge in [-0.15, -0.1) is 0 Å². The summed E-state index contributed by atoms with van der Waals surface area (Å²) < 4.78 is 40.2. The van der Waals surface area contributed by atoms with Gasteiger partial charge in [-0.25, -0.2) is 12.8 Å². The second kappa shape index (κ2) is 10.3. The van der Waals surface area contributed by atoms with Crippen LogP contribution in [0.2, 0.25) is 0 Å². The summed E-state index contributed by atoms with van der Waals surface area (Å²) in [6.45, 7) is 3.86. The number of halogens is 1. The number of carbonyl (C=O) groups excluding carboxylic acids is 2. The lowest BCUT2D eigenvalue weighted by Gasteiger charge is -2.11. The van der Waals surface area contributed by atoms with E-state index in [-0.39, 0.29) is 34.9 Å². The maximum Gasteiger partial charge on any atom is 0.261 e. The molecule has 3 aromatic carbocycles. The van der Waals surface area contributed by atoms with E-state index >= 15 is 0 Å². The number of rotatable bonds is 8. The van der Waals surface area contributed by atoms with Gasteiger partial charge in [0.25, 0.3) is 15.9 Å². The largest absolute Gasteiger partial charge is 0.348 e. The van der Waals surface area contributed by atoms with Crippen LogP contribution in [0, 0.1) is 11.7 Å². The molecule has 0 aliphatic heterocycles. The predicted molar refractivity (Wildman–Crippen MR) is 125 cm³/mol. The van der Waals surface area contributed by atoms with Crippen LogP contribution in [0.4, 0.5) is 15.8 Å². The van der Waals surface area contributed by atoms with Crippen LogP contribution in [0.3, 0.4) is 0 Å². The smallest absolute Gasteiger partial charge is 0.261 e. The first-order chi connectivity index (χ1) is 15.6. The molecule has 0 saturated carbocycles. The molecule has 3 N–H and O–H groups in total. The van der Waals surface area contributed by atoms with Crippen molar-refractivity contribution in [1.29, 1.82) is 0 Å². The summed E-state index contributed by atoms with van der Waals surface area (Å²) >= 11 is 0. The van der Waals surface area contributed by atoms with E-state index in [2.05, 4.69) is 15.4 Å². The molecule has 172 valence electrons. The van der Waals surface area contributed by atoms with E-state index in [0.717, 1.165) is 17.7 Å². The second-order valence-corrected chi connectivity index (χ2v) is 9.35. The SMILES string of the molecule is CC(C)C(=O)Nc1cccc(CNC(=O)c2ccc(NS(=O)(=O)c3ccc(F)cc3)cc2)c1. The summed E-state index contributed by atoms with van der Waals surface area (Å²) in [6, 6.07) is 17.6. The van der Waals surface area contributed by atoms with Crippen molar-refractivity contribution in [3.63, 3.8) is 0 Å². The van der Waals surface area contributed by atoms with Gasteiger partial charge in [0.05, 0.1) is 4.90 Å². The first-order valence-electron chi connectivity index (χ1n) is 10.2. The third kappa shape index (κ3) is 6.63. The Morgan fingerprint density at radius 2 is 1.58 bits per heavy atom. The van der Waals surface area contributed by atoms with Crippen LogP contribution >= 0.6 is 0 Å². The number of nitrogens with one attached hydrogen (secondary N) is 3. The monoisotopic (exact) mass is 469 g/mol. The first kappa shape index (κ1) is 23.9. The molecule has 0 spiro atoms. The van der Waals surface area contributed by atoms with E-state index in [1.54, 1.807) is 32.0 Å². The van der Waals surface area contributed by atoms with Crippen LogP contribution in [0.25, 0.3) is 0 Å². The van der Waals surface area contributed by atoms with Gasteiger partial charge in [-0.2, -0.15) is 0 Å². The molecule has 33 heavy (non-hydrogen) atoms. The summed E-state index contributed by atoms with van der Waals surface area (Å²) in [7, 11) is -3.87. The molecule has 0 unspecified atom stereocenters. The van der Waals surface area contributed by atoms with Gasteiger partial charge in [0.1, 0.15) is 5.82 Å². The molecule has 0 fully saturated rings. The Bertz CT molecular complexity index is 1240. The van der Waals surface area contributed by atoms with Crippen LogP contribution in [0.15, 0.2) is 77.7 Å². The summed E-state index contributed by atoms with van der Waals surface area (Å²) in [5.74, 6) is -1.10. The molecule has 2 amide bonds. The molecule has 0 aromatic heterocycles. The number of hydrogen-bond acceptors (Lipinski definition) is 4. The van der Waals surface area contributed by atoms with Crippen LogP contribution < -0.4 is 15.4 Å². The van der Waals surface area contributed by atoms with Crippen LogP contribution in [0.1, 0.15) is 29.8 Å². The molecule has 7 nitrogen and oxygen atoms in total.